The van der Waals surface area contributed by atoms with Crippen LogP contribution in [0.1, 0.15) is 6.92 Å². The maximum absolute atomic E-state index is 4.92. The topological polar surface area (TPSA) is 50.4 Å². The molecule has 0 fully saturated rings. The third-order valence-corrected chi connectivity index (χ3v) is 0.695. The van der Waals surface area contributed by atoms with Gasteiger partial charge in [0.2, 0.25) is 0 Å². The highest BCUT2D eigenvalue weighted by atomic mass is 15.1. The Balaban J connectivity index is 3.53. The second-order valence-electron chi connectivity index (χ2n) is 1.39. The molecule has 0 aliphatic carbocycles. The van der Waals surface area contributed by atoms with Crippen LogP contribution in [0.3, 0.4) is 0 Å². The fourth-order valence-corrected chi connectivity index (χ4v) is 0.247. The summed E-state index contributed by atoms with van der Waals surface area (Å²) in [6.45, 7) is 1.83. The van der Waals surface area contributed by atoms with Crippen molar-refractivity contribution < 1.29 is 0 Å². The summed E-state index contributed by atoms with van der Waals surface area (Å²) < 4.78 is 0. The number of nitrogens with zero attached hydrogens (tertiary/aromatic N) is 1. The van der Waals surface area contributed by atoms with E-state index in [4.69, 9.17) is 5.84 Å². The molecule has 0 aromatic rings. The Labute approximate surface area is 49.3 Å². The fourth-order valence-electron chi connectivity index (χ4n) is 0.247. The lowest BCUT2D eigenvalue weighted by molar-refractivity contribution is 1.10. The van der Waals surface area contributed by atoms with Crippen molar-refractivity contribution in [2.24, 2.45) is 10.9 Å². The SMILES string of the molecule is CN/C=C/C(C)=N\N. The molecule has 0 aromatic heterocycles. The van der Waals surface area contributed by atoms with E-state index in [1.54, 1.807) is 12.3 Å². The van der Waals surface area contributed by atoms with Gasteiger partial charge in [-0.2, -0.15) is 5.10 Å². The predicted molar refractivity (Wildman–Crippen MR) is 35.5 cm³/mol. The molecule has 0 saturated carbocycles. The monoisotopic (exact) mass is 113 g/mol. The third kappa shape index (κ3) is 3.21. The van der Waals surface area contributed by atoms with Gasteiger partial charge in [0.15, 0.2) is 0 Å². The molecule has 0 spiro atoms. The van der Waals surface area contributed by atoms with E-state index in [0.717, 1.165) is 5.71 Å². The zero-order chi connectivity index (χ0) is 6.41. The molecular formula is C5H11N3. The molecule has 0 aliphatic heterocycles. The van der Waals surface area contributed by atoms with E-state index in [-0.39, 0.29) is 0 Å². The van der Waals surface area contributed by atoms with Crippen molar-refractivity contribution in [2.75, 3.05) is 7.05 Å². The van der Waals surface area contributed by atoms with Crippen LogP contribution in [0.2, 0.25) is 0 Å². The summed E-state index contributed by atoms with van der Waals surface area (Å²) in [5.41, 5.74) is 0.805. The molecule has 0 heterocycles. The average Bonchev–Trinajstić information content (AvgIpc) is 1.83. The van der Waals surface area contributed by atoms with Gasteiger partial charge in [-0.05, 0) is 19.2 Å². The number of rotatable bonds is 2. The van der Waals surface area contributed by atoms with Crippen LogP contribution in [0.4, 0.5) is 0 Å². The van der Waals surface area contributed by atoms with Gasteiger partial charge in [-0.3, -0.25) is 0 Å². The van der Waals surface area contributed by atoms with Crippen molar-refractivity contribution in [1.29, 1.82) is 0 Å². The van der Waals surface area contributed by atoms with E-state index in [1.165, 1.54) is 0 Å². The van der Waals surface area contributed by atoms with Crippen molar-refractivity contribution in [3.63, 3.8) is 0 Å². The molecular weight excluding hydrogens is 102 g/mol. The maximum atomic E-state index is 4.92. The van der Waals surface area contributed by atoms with Crippen LogP contribution in [0, 0.1) is 0 Å². The first kappa shape index (κ1) is 7.01. The first-order chi connectivity index (χ1) is 3.81. The molecule has 0 atom stereocenters. The summed E-state index contributed by atoms with van der Waals surface area (Å²) in [5.74, 6) is 4.92. The molecule has 0 radical (unpaired) electrons. The van der Waals surface area contributed by atoms with Crippen molar-refractivity contribution in [2.45, 2.75) is 6.92 Å². The van der Waals surface area contributed by atoms with E-state index in [1.807, 2.05) is 14.0 Å². The Hall–Kier alpha value is -0.990. The minimum atomic E-state index is 0.805. The predicted octanol–water partition coefficient (Wildman–Crippen LogP) is 0.0541. The highest BCUT2D eigenvalue weighted by Crippen LogP contribution is 1.72. The third-order valence-electron chi connectivity index (χ3n) is 0.695. The van der Waals surface area contributed by atoms with Gasteiger partial charge in [0.25, 0.3) is 0 Å². The van der Waals surface area contributed by atoms with Crippen LogP contribution in [0.5, 0.6) is 0 Å². The van der Waals surface area contributed by atoms with Crippen LogP contribution < -0.4 is 11.2 Å². The summed E-state index contributed by atoms with van der Waals surface area (Å²) in [7, 11) is 1.82. The van der Waals surface area contributed by atoms with Crippen molar-refractivity contribution >= 4 is 5.71 Å². The first-order valence-electron chi connectivity index (χ1n) is 2.39. The number of hydrogen-bond donors (Lipinski definition) is 2. The highest BCUT2D eigenvalue weighted by molar-refractivity contribution is 5.92. The summed E-state index contributed by atoms with van der Waals surface area (Å²) >= 11 is 0. The second-order valence-corrected chi connectivity index (χ2v) is 1.39. The van der Waals surface area contributed by atoms with Gasteiger partial charge in [0, 0.05) is 7.05 Å². The van der Waals surface area contributed by atoms with Crippen molar-refractivity contribution in [3.05, 3.63) is 12.3 Å². The van der Waals surface area contributed by atoms with E-state index in [2.05, 4.69) is 10.4 Å². The molecule has 3 N–H and O–H groups in total. The lowest BCUT2D eigenvalue weighted by atomic mass is 10.4. The largest absolute Gasteiger partial charge is 0.394 e. The molecule has 0 aliphatic rings. The average molecular weight is 113 g/mol. The van der Waals surface area contributed by atoms with Gasteiger partial charge >= 0.3 is 0 Å². The minimum absolute atomic E-state index is 0.805. The first-order valence-corrected chi connectivity index (χ1v) is 2.39. The van der Waals surface area contributed by atoms with Crippen LogP contribution in [-0.4, -0.2) is 12.8 Å². The smallest absolute Gasteiger partial charge is 0.0584 e. The minimum Gasteiger partial charge on any atom is -0.394 e. The zero-order valence-electron chi connectivity index (χ0n) is 5.18. The summed E-state index contributed by atoms with van der Waals surface area (Å²) in [4.78, 5) is 0. The van der Waals surface area contributed by atoms with E-state index < -0.39 is 0 Å². The van der Waals surface area contributed by atoms with Crippen molar-refractivity contribution in [3.8, 4) is 0 Å². The summed E-state index contributed by atoms with van der Waals surface area (Å²) in [6.07, 6.45) is 3.56. The fraction of sp³-hybridized carbons (Fsp3) is 0.400. The summed E-state index contributed by atoms with van der Waals surface area (Å²) in [6, 6.07) is 0. The van der Waals surface area contributed by atoms with Gasteiger partial charge in [-0.15, -0.1) is 0 Å². The Kier molecular flexibility index (Phi) is 3.66. The van der Waals surface area contributed by atoms with Gasteiger partial charge in [0.05, 0.1) is 5.71 Å². The van der Waals surface area contributed by atoms with E-state index in [0.29, 0.717) is 0 Å². The van der Waals surface area contributed by atoms with Gasteiger partial charge < -0.3 is 11.2 Å². The standard InChI is InChI=1S/C5H11N3/c1-5(8-6)3-4-7-2/h3-4,7H,6H2,1-2H3/b4-3+,8-5-. The van der Waals surface area contributed by atoms with E-state index in [9.17, 15) is 0 Å². The normalized spacial score (nSPS) is 12.5. The van der Waals surface area contributed by atoms with Crippen LogP contribution >= 0.6 is 0 Å². The van der Waals surface area contributed by atoms with Gasteiger partial charge in [-0.25, -0.2) is 0 Å². The molecule has 0 bridgehead atoms. The van der Waals surface area contributed by atoms with Crippen LogP contribution in [0.25, 0.3) is 0 Å². The van der Waals surface area contributed by atoms with Crippen molar-refractivity contribution in [1.82, 2.24) is 5.32 Å². The molecule has 0 amide bonds. The quantitative estimate of drug-likeness (QED) is 0.302. The molecule has 0 rings (SSSR count). The van der Waals surface area contributed by atoms with E-state index >= 15 is 0 Å². The number of nitrogens with two attached hydrogens (primary N) is 1. The molecule has 0 aromatic carbocycles. The molecule has 46 valence electrons. The summed E-state index contributed by atoms with van der Waals surface area (Å²) in [5, 5.41) is 6.23. The Morgan fingerprint density at radius 1 is 1.75 bits per heavy atom. The lowest BCUT2D eigenvalue weighted by Gasteiger charge is -1.85. The number of hydrazone groups is 1. The number of hydrogen-bond acceptors (Lipinski definition) is 3. The number of allylic oxidation sites excluding steroid dienone is 1. The van der Waals surface area contributed by atoms with Crippen LogP contribution in [0.15, 0.2) is 17.4 Å². The molecule has 0 saturated heterocycles. The van der Waals surface area contributed by atoms with Gasteiger partial charge in [-0.1, -0.05) is 0 Å². The number of nitrogens with one attached hydrogen (secondary N) is 1. The maximum Gasteiger partial charge on any atom is 0.0584 e. The molecule has 3 heteroatoms. The molecule has 3 nitrogen and oxygen atoms in total. The lowest BCUT2D eigenvalue weighted by Crippen LogP contribution is -1.96. The van der Waals surface area contributed by atoms with Crippen LogP contribution in [-0.2, 0) is 0 Å². The zero-order valence-corrected chi connectivity index (χ0v) is 5.18. The van der Waals surface area contributed by atoms with Gasteiger partial charge in [0.1, 0.15) is 0 Å². The Morgan fingerprint density at radius 3 is 2.75 bits per heavy atom. The Bertz CT molecular complexity index is 104. The Morgan fingerprint density at radius 2 is 2.38 bits per heavy atom. The highest BCUT2D eigenvalue weighted by Gasteiger charge is 1.74. The molecule has 8 heavy (non-hydrogen) atoms. The molecule has 0 unspecified atom stereocenters. The second kappa shape index (κ2) is 4.18.